The third-order valence-corrected chi connectivity index (χ3v) is 3.31. The molecule has 1 atom stereocenters. The first kappa shape index (κ1) is 13.0. The number of aryl methyl sites for hydroxylation is 2. The molecule has 0 bridgehead atoms. The number of hydrogen-bond acceptors (Lipinski definition) is 3. The third-order valence-electron chi connectivity index (χ3n) is 2.90. The second-order valence-corrected chi connectivity index (χ2v) is 4.72. The Kier molecular flexibility index (Phi) is 3.97. The number of halogens is 1. The summed E-state index contributed by atoms with van der Waals surface area (Å²) in [7, 11) is 0. The van der Waals surface area contributed by atoms with Crippen LogP contribution >= 0.6 is 11.6 Å². The van der Waals surface area contributed by atoms with Gasteiger partial charge in [-0.15, -0.1) is 0 Å². The van der Waals surface area contributed by atoms with Crippen molar-refractivity contribution in [2.75, 3.05) is 0 Å². The number of nitrogens with one attached hydrogen (secondary N) is 1. The topological polar surface area (TPSA) is 50.9 Å². The van der Waals surface area contributed by atoms with E-state index in [9.17, 15) is 0 Å². The van der Waals surface area contributed by atoms with E-state index in [-0.39, 0.29) is 6.04 Å². The SMILES string of the molecule is Cc1cccc(C(NN)c2ccc(C)c(Cl)c2)n1. The normalized spacial score (nSPS) is 12.4. The van der Waals surface area contributed by atoms with Gasteiger partial charge >= 0.3 is 0 Å². The molecule has 4 heteroatoms. The standard InChI is InChI=1S/C14H16ClN3/c1-9-6-7-11(8-12(9)15)14(18-16)13-5-3-4-10(2)17-13/h3-8,14,18H,16H2,1-2H3. The second-order valence-electron chi connectivity index (χ2n) is 4.31. The zero-order valence-electron chi connectivity index (χ0n) is 10.4. The van der Waals surface area contributed by atoms with Crippen LogP contribution in [0.5, 0.6) is 0 Å². The number of nitrogens with zero attached hydrogens (tertiary/aromatic N) is 1. The zero-order valence-corrected chi connectivity index (χ0v) is 11.2. The molecule has 0 saturated carbocycles. The largest absolute Gasteiger partial charge is 0.271 e. The number of rotatable bonds is 3. The summed E-state index contributed by atoms with van der Waals surface area (Å²) in [5.74, 6) is 5.64. The van der Waals surface area contributed by atoms with E-state index in [1.54, 1.807) is 0 Å². The van der Waals surface area contributed by atoms with Gasteiger partial charge in [0, 0.05) is 10.7 Å². The van der Waals surface area contributed by atoms with Crippen LogP contribution in [-0.4, -0.2) is 4.98 Å². The van der Waals surface area contributed by atoms with E-state index < -0.39 is 0 Å². The lowest BCUT2D eigenvalue weighted by atomic mass is 10.0. The second kappa shape index (κ2) is 5.48. The van der Waals surface area contributed by atoms with Crippen molar-refractivity contribution in [2.24, 2.45) is 5.84 Å². The average Bonchev–Trinajstić information content (AvgIpc) is 2.35. The maximum atomic E-state index is 6.14. The smallest absolute Gasteiger partial charge is 0.0882 e. The Morgan fingerprint density at radius 1 is 1.22 bits per heavy atom. The molecule has 0 amide bonds. The van der Waals surface area contributed by atoms with Gasteiger partial charge < -0.3 is 0 Å². The maximum Gasteiger partial charge on any atom is 0.0882 e. The molecular formula is C14H16ClN3. The van der Waals surface area contributed by atoms with Gasteiger partial charge in [0.25, 0.3) is 0 Å². The van der Waals surface area contributed by atoms with E-state index in [1.165, 1.54) is 0 Å². The molecule has 0 saturated heterocycles. The van der Waals surface area contributed by atoms with Gasteiger partial charge in [0.2, 0.25) is 0 Å². The van der Waals surface area contributed by atoms with Gasteiger partial charge in [0.05, 0.1) is 11.7 Å². The number of benzene rings is 1. The highest BCUT2D eigenvalue weighted by Gasteiger charge is 2.14. The fraction of sp³-hybridized carbons (Fsp3) is 0.214. The van der Waals surface area contributed by atoms with E-state index in [2.05, 4.69) is 10.4 Å². The molecule has 94 valence electrons. The number of nitrogens with two attached hydrogens (primary N) is 1. The summed E-state index contributed by atoms with van der Waals surface area (Å²) < 4.78 is 0. The van der Waals surface area contributed by atoms with E-state index >= 15 is 0 Å². The first-order chi connectivity index (χ1) is 8.61. The molecule has 0 fully saturated rings. The Labute approximate surface area is 112 Å². The molecule has 0 aliphatic rings. The van der Waals surface area contributed by atoms with Crippen molar-refractivity contribution < 1.29 is 0 Å². The summed E-state index contributed by atoms with van der Waals surface area (Å²) >= 11 is 6.14. The maximum absolute atomic E-state index is 6.14. The van der Waals surface area contributed by atoms with Gasteiger partial charge in [-0.1, -0.05) is 29.8 Å². The van der Waals surface area contributed by atoms with Gasteiger partial charge in [-0.2, -0.15) is 0 Å². The van der Waals surface area contributed by atoms with Crippen LogP contribution < -0.4 is 11.3 Å². The Bertz CT molecular complexity index is 554. The van der Waals surface area contributed by atoms with E-state index in [0.717, 1.165) is 27.5 Å². The van der Waals surface area contributed by atoms with Crippen LogP contribution in [0.2, 0.25) is 5.02 Å². The van der Waals surface area contributed by atoms with Crippen LogP contribution in [0.4, 0.5) is 0 Å². The molecule has 1 aromatic heterocycles. The summed E-state index contributed by atoms with van der Waals surface area (Å²) in [5.41, 5.74) is 6.69. The van der Waals surface area contributed by atoms with Gasteiger partial charge in [-0.3, -0.25) is 10.8 Å². The Hall–Kier alpha value is -1.42. The molecule has 0 aliphatic heterocycles. The van der Waals surface area contributed by atoms with Crippen molar-refractivity contribution >= 4 is 11.6 Å². The molecule has 3 N–H and O–H groups in total. The minimum atomic E-state index is -0.150. The first-order valence-electron chi connectivity index (χ1n) is 5.77. The molecule has 0 radical (unpaired) electrons. The average molecular weight is 262 g/mol. The Morgan fingerprint density at radius 3 is 2.61 bits per heavy atom. The van der Waals surface area contributed by atoms with Crippen molar-refractivity contribution in [3.8, 4) is 0 Å². The van der Waals surface area contributed by atoms with Crippen LogP contribution in [-0.2, 0) is 0 Å². The fourth-order valence-corrected chi connectivity index (χ4v) is 2.05. The van der Waals surface area contributed by atoms with Crippen LogP contribution in [0, 0.1) is 13.8 Å². The van der Waals surface area contributed by atoms with Crippen molar-refractivity contribution in [3.63, 3.8) is 0 Å². The van der Waals surface area contributed by atoms with Crippen LogP contribution in [0.25, 0.3) is 0 Å². The van der Waals surface area contributed by atoms with Crippen LogP contribution in [0.15, 0.2) is 36.4 Å². The fourth-order valence-electron chi connectivity index (χ4n) is 1.87. The van der Waals surface area contributed by atoms with Crippen molar-refractivity contribution in [3.05, 3.63) is 63.9 Å². The van der Waals surface area contributed by atoms with Gasteiger partial charge in [0.1, 0.15) is 0 Å². The molecule has 1 aromatic carbocycles. The van der Waals surface area contributed by atoms with E-state index in [4.69, 9.17) is 17.4 Å². The van der Waals surface area contributed by atoms with Gasteiger partial charge in [-0.05, 0) is 43.2 Å². The lowest BCUT2D eigenvalue weighted by molar-refractivity contribution is 0.619. The Morgan fingerprint density at radius 2 is 2.00 bits per heavy atom. The highest BCUT2D eigenvalue weighted by Crippen LogP contribution is 2.24. The lowest BCUT2D eigenvalue weighted by Crippen LogP contribution is -2.29. The van der Waals surface area contributed by atoms with Crippen molar-refractivity contribution in [1.29, 1.82) is 0 Å². The minimum Gasteiger partial charge on any atom is -0.271 e. The van der Waals surface area contributed by atoms with E-state index in [0.29, 0.717) is 0 Å². The summed E-state index contributed by atoms with van der Waals surface area (Å²) in [6, 6.07) is 11.6. The predicted octanol–water partition coefficient (Wildman–Crippen LogP) is 2.90. The highest BCUT2D eigenvalue weighted by atomic mass is 35.5. The molecule has 0 aliphatic carbocycles. The molecular weight excluding hydrogens is 246 g/mol. The van der Waals surface area contributed by atoms with Crippen LogP contribution in [0.3, 0.4) is 0 Å². The van der Waals surface area contributed by atoms with Gasteiger partial charge in [-0.25, -0.2) is 5.43 Å². The number of hydrazine groups is 1. The molecule has 1 heterocycles. The Balaban J connectivity index is 2.42. The summed E-state index contributed by atoms with van der Waals surface area (Å²) in [6.07, 6.45) is 0. The quantitative estimate of drug-likeness (QED) is 0.660. The van der Waals surface area contributed by atoms with Crippen molar-refractivity contribution in [2.45, 2.75) is 19.9 Å². The molecule has 1 unspecified atom stereocenters. The summed E-state index contributed by atoms with van der Waals surface area (Å²) in [4.78, 5) is 4.49. The number of pyridine rings is 1. The predicted molar refractivity (Wildman–Crippen MR) is 74.3 cm³/mol. The van der Waals surface area contributed by atoms with E-state index in [1.807, 2.05) is 50.2 Å². The number of hydrogen-bond donors (Lipinski definition) is 2. The van der Waals surface area contributed by atoms with Crippen LogP contribution in [0.1, 0.15) is 28.6 Å². The summed E-state index contributed by atoms with van der Waals surface area (Å²) in [6.45, 7) is 3.93. The third kappa shape index (κ3) is 2.70. The first-order valence-corrected chi connectivity index (χ1v) is 6.15. The molecule has 2 rings (SSSR count). The molecule has 2 aromatic rings. The highest BCUT2D eigenvalue weighted by molar-refractivity contribution is 6.31. The van der Waals surface area contributed by atoms with Crippen molar-refractivity contribution in [1.82, 2.24) is 10.4 Å². The zero-order chi connectivity index (χ0) is 13.1. The lowest BCUT2D eigenvalue weighted by Gasteiger charge is -2.17. The monoisotopic (exact) mass is 261 g/mol. The molecule has 3 nitrogen and oxygen atoms in total. The molecule has 18 heavy (non-hydrogen) atoms. The summed E-state index contributed by atoms with van der Waals surface area (Å²) in [5, 5.41) is 0.736. The number of aromatic nitrogens is 1. The van der Waals surface area contributed by atoms with Gasteiger partial charge in [0.15, 0.2) is 0 Å². The molecule has 0 spiro atoms. The minimum absolute atomic E-state index is 0.150.